The van der Waals surface area contributed by atoms with E-state index in [0.29, 0.717) is 0 Å². The Kier molecular flexibility index (Phi) is 4.37. The zero-order valence-corrected chi connectivity index (χ0v) is 13.3. The van der Waals surface area contributed by atoms with Crippen LogP contribution in [0.2, 0.25) is 0 Å². The number of nitrogens with zero attached hydrogens (tertiary/aromatic N) is 2. The lowest BCUT2D eigenvalue weighted by Crippen LogP contribution is -2.44. The van der Waals surface area contributed by atoms with Crippen molar-refractivity contribution in [3.05, 3.63) is 17.3 Å². The molecular weight excluding hydrogens is 286 g/mol. The van der Waals surface area contributed by atoms with Crippen LogP contribution in [0, 0.1) is 0 Å². The number of hydrogen-bond donors (Lipinski definition) is 1. The second-order valence-corrected chi connectivity index (χ2v) is 6.48. The lowest BCUT2D eigenvalue weighted by Gasteiger charge is -2.36. The molecule has 114 valence electrons. The minimum absolute atomic E-state index is 0.154. The Bertz CT molecular complexity index is 608. The minimum Gasteiger partial charge on any atom is -0.381 e. The van der Waals surface area contributed by atoms with Gasteiger partial charge in [0.15, 0.2) is 0 Å². The summed E-state index contributed by atoms with van der Waals surface area (Å²) in [5.41, 5.74) is -0.154. The van der Waals surface area contributed by atoms with Gasteiger partial charge in [-0.1, -0.05) is 6.92 Å². The normalized spacial score (nSPS) is 18.0. The van der Waals surface area contributed by atoms with Gasteiger partial charge in [-0.2, -0.15) is 0 Å². The van der Waals surface area contributed by atoms with Crippen LogP contribution in [0.1, 0.15) is 24.6 Å². The molecule has 3 heterocycles. The van der Waals surface area contributed by atoms with Crippen LogP contribution in [0.25, 0.3) is 10.2 Å². The largest absolute Gasteiger partial charge is 0.381 e. The predicted molar refractivity (Wildman–Crippen MR) is 85.1 cm³/mol. The first-order valence-corrected chi connectivity index (χ1v) is 8.18. The molecule has 0 radical (unpaired) electrons. The average Bonchev–Trinajstić information content (AvgIpc) is 2.97. The average molecular weight is 307 g/mol. The smallest absolute Gasteiger partial charge is 0.138 e. The Labute approximate surface area is 128 Å². The Morgan fingerprint density at radius 1 is 1.38 bits per heavy atom. The van der Waals surface area contributed by atoms with Gasteiger partial charge < -0.3 is 14.8 Å². The van der Waals surface area contributed by atoms with Gasteiger partial charge in [-0.25, -0.2) is 9.97 Å². The van der Waals surface area contributed by atoms with Crippen molar-refractivity contribution in [3.8, 4) is 0 Å². The van der Waals surface area contributed by atoms with E-state index in [9.17, 15) is 0 Å². The fourth-order valence-corrected chi connectivity index (χ4v) is 3.60. The van der Waals surface area contributed by atoms with Gasteiger partial charge in [0.05, 0.1) is 11.0 Å². The zero-order chi connectivity index (χ0) is 14.7. The van der Waals surface area contributed by atoms with E-state index in [1.165, 1.54) is 4.88 Å². The maximum Gasteiger partial charge on any atom is 0.138 e. The van der Waals surface area contributed by atoms with Crippen LogP contribution >= 0.6 is 11.3 Å². The fraction of sp³-hybridized carbons (Fsp3) is 0.600. The molecule has 0 unspecified atom stereocenters. The highest BCUT2D eigenvalue weighted by molar-refractivity contribution is 7.18. The number of aryl methyl sites for hydroxylation is 1. The highest BCUT2D eigenvalue weighted by atomic mass is 32.1. The van der Waals surface area contributed by atoms with E-state index < -0.39 is 0 Å². The van der Waals surface area contributed by atoms with Gasteiger partial charge in [0, 0.05) is 44.6 Å². The van der Waals surface area contributed by atoms with Crippen molar-refractivity contribution in [2.24, 2.45) is 0 Å². The molecule has 21 heavy (non-hydrogen) atoms. The Morgan fingerprint density at radius 3 is 2.90 bits per heavy atom. The summed E-state index contributed by atoms with van der Waals surface area (Å²) >= 11 is 1.74. The number of ether oxygens (including phenoxy) is 2. The molecule has 0 atom stereocenters. The van der Waals surface area contributed by atoms with Crippen molar-refractivity contribution >= 4 is 27.4 Å². The van der Waals surface area contributed by atoms with Crippen LogP contribution in [-0.4, -0.2) is 42.4 Å². The third kappa shape index (κ3) is 3.02. The van der Waals surface area contributed by atoms with Crippen molar-refractivity contribution in [3.63, 3.8) is 0 Å². The molecule has 2 aromatic rings. The van der Waals surface area contributed by atoms with Gasteiger partial charge in [0.2, 0.25) is 0 Å². The van der Waals surface area contributed by atoms with E-state index in [1.54, 1.807) is 24.8 Å². The van der Waals surface area contributed by atoms with Crippen molar-refractivity contribution in [2.45, 2.75) is 31.8 Å². The lowest BCUT2D eigenvalue weighted by molar-refractivity contribution is -0.0807. The first kappa shape index (κ1) is 14.7. The van der Waals surface area contributed by atoms with Crippen LogP contribution in [0.3, 0.4) is 0 Å². The van der Waals surface area contributed by atoms with E-state index in [2.05, 4.69) is 28.3 Å². The summed E-state index contributed by atoms with van der Waals surface area (Å²) in [5.74, 6) is 0.902. The molecule has 0 spiro atoms. The van der Waals surface area contributed by atoms with E-state index in [0.717, 1.165) is 55.1 Å². The van der Waals surface area contributed by atoms with Gasteiger partial charge >= 0.3 is 0 Å². The number of hydrogen-bond acceptors (Lipinski definition) is 6. The summed E-state index contributed by atoms with van der Waals surface area (Å²) in [6.07, 6.45) is 4.48. The molecule has 1 aliphatic heterocycles. The molecule has 0 aromatic carbocycles. The maximum atomic E-state index is 5.76. The summed E-state index contributed by atoms with van der Waals surface area (Å²) in [5, 5.41) is 4.57. The number of rotatable bonds is 5. The number of methoxy groups -OCH3 is 1. The standard InChI is InChI=1S/C15H21N3O2S/c1-3-11-8-12-13(17-10-18-14(12)21-11)16-9-15(19-2)4-6-20-7-5-15/h8,10H,3-7,9H2,1-2H3,(H,16,17,18). The molecule has 0 saturated carbocycles. The Hall–Kier alpha value is -1.24. The first-order chi connectivity index (χ1) is 10.3. The molecule has 0 aliphatic carbocycles. The third-order valence-electron chi connectivity index (χ3n) is 4.14. The van der Waals surface area contributed by atoms with Gasteiger partial charge in [0.25, 0.3) is 0 Å². The molecule has 2 aromatic heterocycles. The summed E-state index contributed by atoms with van der Waals surface area (Å²) in [6.45, 7) is 4.42. The quantitative estimate of drug-likeness (QED) is 0.920. The van der Waals surface area contributed by atoms with E-state index in [4.69, 9.17) is 9.47 Å². The van der Waals surface area contributed by atoms with Gasteiger partial charge in [-0.3, -0.25) is 0 Å². The van der Waals surface area contributed by atoms with Gasteiger partial charge in [0.1, 0.15) is 17.0 Å². The predicted octanol–water partition coefficient (Wildman–Crippen LogP) is 2.86. The van der Waals surface area contributed by atoms with Crippen LogP contribution in [0.15, 0.2) is 12.4 Å². The lowest BCUT2D eigenvalue weighted by atomic mass is 9.94. The van der Waals surface area contributed by atoms with Crippen LogP contribution in [0.4, 0.5) is 5.82 Å². The third-order valence-corrected chi connectivity index (χ3v) is 5.33. The Balaban J connectivity index is 1.79. The molecule has 6 heteroatoms. The summed E-state index contributed by atoms with van der Waals surface area (Å²) in [6, 6.07) is 2.19. The summed E-state index contributed by atoms with van der Waals surface area (Å²) < 4.78 is 11.2. The van der Waals surface area contributed by atoms with E-state index in [1.807, 2.05) is 0 Å². The fourth-order valence-electron chi connectivity index (χ4n) is 2.66. The van der Waals surface area contributed by atoms with Crippen molar-refractivity contribution in [1.82, 2.24) is 9.97 Å². The van der Waals surface area contributed by atoms with E-state index >= 15 is 0 Å². The SMILES string of the molecule is CCc1cc2c(NCC3(OC)CCOCC3)ncnc2s1. The monoisotopic (exact) mass is 307 g/mol. The maximum absolute atomic E-state index is 5.76. The minimum atomic E-state index is -0.154. The van der Waals surface area contributed by atoms with E-state index in [-0.39, 0.29) is 5.60 Å². The highest BCUT2D eigenvalue weighted by Gasteiger charge is 2.32. The topological polar surface area (TPSA) is 56.3 Å². The number of thiophene rings is 1. The molecule has 1 N–H and O–H groups in total. The van der Waals surface area contributed by atoms with Crippen molar-refractivity contribution in [2.75, 3.05) is 32.2 Å². The first-order valence-electron chi connectivity index (χ1n) is 7.36. The summed E-state index contributed by atoms with van der Waals surface area (Å²) in [7, 11) is 1.78. The van der Waals surface area contributed by atoms with Crippen molar-refractivity contribution < 1.29 is 9.47 Å². The number of anilines is 1. The van der Waals surface area contributed by atoms with Crippen LogP contribution in [-0.2, 0) is 15.9 Å². The molecule has 3 rings (SSSR count). The zero-order valence-electron chi connectivity index (χ0n) is 12.5. The Morgan fingerprint density at radius 2 is 2.19 bits per heavy atom. The molecule has 5 nitrogen and oxygen atoms in total. The van der Waals surface area contributed by atoms with Crippen molar-refractivity contribution in [1.29, 1.82) is 0 Å². The highest BCUT2D eigenvalue weighted by Crippen LogP contribution is 2.30. The molecule has 0 bridgehead atoms. The van der Waals surface area contributed by atoms with Gasteiger partial charge in [-0.05, 0) is 12.5 Å². The molecule has 1 saturated heterocycles. The summed E-state index contributed by atoms with van der Waals surface area (Å²) in [4.78, 5) is 11.1. The molecular formula is C15H21N3O2S. The number of aromatic nitrogens is 2. The second kappa shape index (κ2) is 6.25. The number of fused-ring (bicyclic) bond motifs is 1. The number of nitrogens with one attached hydrogen (secondary N) is 1. The van der Waals surface area contributed by atoms with Crippen LogP contribution < -0.4 is 5.32 Å². The molecule has 1 aliphatic rings. The van der Waals surface area contributed by atoms with Crippen LogP contribution in [0.5, 0.6) is 0 Å². The second-order valence-electron chi connectivity index (χ2n) is 5.36. The van der Waals surface area contributed by atoms with Gasteiger partial charge in [-0.15, -0.1) is 11.3 Å². The molecule has 1 fully saturated rings. The molecule has 0 amide bonds.